The molecule has 7 nitrogen and oxygen atoms in total. The van der Waals surface area contributed by atoms with Crippen molar-refractivity contribution >= 4 is 17.3 Å². The first-order valence-corrected chi connectivity index (χ1v) is 6.85. The Kier molecular flexibility index (Phi) is 5.38. The molecule has 1 aromatic carbocycles. The number of carboxylic acid groups (broad SMARTS) is 1. The second kappa shape index (κ2) is 7.26. The number of aromatic carboxylic acids is 1. The summed E-state index contributed by atoms with van der Waals surface area (Å²) in [5.41, 5.74) is 1.43. The van der Waals surface area contributed by atoms with Crippen molar-refractivity contribution in [3.63, 3.8) is 0 Å². The van der Waals surface area contributed by atoms with E-state index in [1.807, 2.05) is 4.90 Å². The van der Waals surface area contributed by atoms with Crippen molar-refractivity contribution in [2.45, 2.75) is 6.10 Å². The van der Waals surface area contributed by atoms with Gasteiger partial charge in [-0.2, -0.15) is 0 Å². The number of benzene rings is 1. The first-order chi connectivity index (χ1) is 10.1. The second-order valence-electron chi connectivity index (χ2n) is 4.82. The lowest BCUT2D eigenvalue weighted by Crippen LogP contribution is -2.38. The van der Waals surface area contributed by atoms with Crippen LogP contribution in [-0.2, 0) is 4.74 Å². The van der Waals surface area contributed by atoms with Gasteiger partial charge in [-0.1, -0.05) is 6.07 Å². The highest BCUT2D eigenvalue weighted by Gasteiger charge is 2.22. The zero-order chi connectivity index (χ0) is 15.2. The van der Waals surface area contributed by atoms with E-state index in [1.165, 1.54) is 0 Å². The topological polar surface area (TPSA) is 102 Å². The van der Waals surface area contributed by atoms with Gasteiger partial charge in [0.2, 0.25) is 0 Å². The number of carboxylic acids is 1. The summed E-state index contributed by atoms with van der Waals surface area (Å²) in [6.45, 7) is 2.12. The van der Waals surface area contributed by atoms with E-state index in [4.69, 9.17) is 9.84 Å². The summed E-state index contributed by atoms with van der Waals surface area (Å²) in [4.78, 5) is 13.4. The zero-order valence-electron chi connectivity index (χ0n) is 11.7. The van der Waals surface area contributed by atoms with Crippen LogP contribution >= 0.6 is 0 Å². The first-order valence-electron chi connectivity index (χ1n) is 6.85. The molecule has 0 aliphatic carbocycles. The van der Waals surface area contributed by atoms with Gasteiger partial charge in [0.05, 0.1) is 42.9 Å². The Bertz CT molecular complexity index is 488. The van der Waals surface area contributed by atoms with Gasteiger partial charge in [-0.3, -0.25) is 0 Å². The summed E-state index contributed by atoms with van der Waals surface area (Å²) in [7, 11) is 0. The monoisotopic (exact) mass is 296 g/mol. The summed E-state index contributed by atoms with van der Waals surface area (Å²) < 4.78 is 5.29. The van der Waals surface area contributed by atoms with E-state index in [9.17, 15) is 15.0 Å². The summed E-state index contributed by atoms with van der Waals surface area (Å²) in [5.74, 6) is -0.997. The SMILES string of the molecule is O=C(O)c1cccc(NCC(O)CO)c1N1CCOCC1. The maximum atomic E-state index is 11.4. The van der Waals surface area contributed by atoms with Crippen LogP contribution in [0.1, 0.15) is 10.4 Å². The minimum absolute atomic E-state index is 0.150. The highest BCUT2D eigenvalue weighted by molar-refractivity contribution is 5.98. The molecule has 1 heterocycles. The molecule has 0 bridgehead atoms. The average molecular weight is 296 g/mol. The number of aliphatic hydroxyl groups is 2. The molecule has 0 spiro atoms. The lowest BCUT2D eigenvalue weighted by Gasteiger charge is -2.32. The molecule has 2 rings (SSSR count). The maximum Gasteiger partial charge on any atom is 0.337 e. The molecule has 21 heavy (non-hydrogen) atoms. The largest absolute Gasteiger partial charge is 0.478 e. The number of nitrogens with zero attached hydrogens (tertiary/aromatic N) is 1. The van der Waals surface area contributed by atoms with Gasteiger partial charge in [0.25, 0.3) is 0 Å². The van der Waals surface area contributed by atoms with E-state index < -0.39 is 12.1 Å². The lowest BCUT2D eigenvalue weighted by atomic mass is 10.1. The van der Waals surface area contributed by atoms with Crippen LogP contribution in [0.5, 0.6) is 0 Å². The Morgan fingerprint density at radius 1 is 1.38 bits per heavy atom. The number of hydrogen-bond donors (Lipinski definition) is 4. The summed E-state index contributed by atoms with van der Waals surface area (Å²) in [6, 6.07) is 4.98. The number of hydrogen-bond acceptors (Lipinski definition) is 6. The van der Waals surface area contributed by atoms with Crippen LogP contribution in [0.15, 0.2) is 18.2 Å². The highest BCUT2D eigenvalue weighted by atomic mass is 16.5. The third-order valence-electron chi connectivity index (χ3n) is 3.33. The van der Waals surface area contributed by atoms with Gasteiger partial charge in [0.1, 0.15) is 0 Å². The summed E-state index contributed by atoms with van der Waals surface area (Å²) in [6.07, 6.45) is -0.893. The Morgan fingerprint density at radius 3 is 2.71 bits per heavy atom. The van der Waals surface area contributed by atoms with E-state index in [1.54, 1.807) is 18.2 Å². The first kappa shape index (κ1) is 15.6. The number of anilines is 2. The predicted octanol–water partition coefficient (Wildman–Crippen LogP) is -0.0135. The van der Waals surface area contributed by atoms with Crippen LogP contribution in [0.25, 0.3) is 0 Å². The van der Waals surface area contributed by atoms with Gasteiger partial charge in [0.15, 0.2) is 0 Å². The molecule has 1 aliphatic rings. The Hall–Kier alpha value is -1.83. The molecular formula is C14H20N2O5. The van der Waals surface area contributed by atoms with Gasteiger partial charge in [-0.05, 0) is 12.1 Å². The molecule has 1 atom stereocenters. The van der Waals surface area contributed by atoms with E-state index in [-0.39, 0.29) is 18.7 Å². The standard InChI is InChI=1S/C14H20N2O5/c17-9-10(18)8-15-12-3-1-2-11(14(19)20)13(12)16-4-6-21-7-5-16/h1-3,10,15,17-18H,4-9H2,(H,19,20). The van der Waals surface area contributed by atoms with Crippen molar-refractivity contribution in [3.8, 4) is 0 Å². The molecule has 0 radical (unpaired) electrons. The van der Waals surface area contributed by atoms with Gasteiger partial charge in [-0.25, -0.2) is 4.79 Å². The number of aliphatic hydroxyl groups excluding tert-OH is 2. The van der Waals surface area contributed by atoms with Crippen LogP contribution in [0.4, 0.5) is 11.4 Å². The third kappa shape index (κ3) is 3.84. The third-order valence-corrected chi connectivity index (χ3v) is 3.33. The molecule has 1 aromatic rings. The number of para-hydroxylation sites is 1. The zero-order valence-corrected chi connectivity index (χ0v) is 11.7. The molecule has 1 unspecified atom stereocenters. The minimum Gasteiger partial charge on any atom is -0.478 e. The fraction of sp³-hybridized carbons (Fsp3) is 0.500. The number of rotatable bonds is 6. The normalized spacial score (nSPS) is 16.6. The highest BCUT2D eigenvalue weighted by Crippen LogP contribution is 2.31. The number of ether oxygens (including phenoxy) is 1. The van der Waals surface area contributed by atoms with Crippen molar-refractivity contribution in [3.05, 3.63) is 23.8 Å². The predicted molar refractivity (Wildman–Crippen MR) is 78.0 cm³/mol. The van der Waals surface area contributed by atoms with Crippen LogP contribution in [-0.4, -0.2) is 66.8 Å². The van der Waals surface area contributed by atoms with Crippen LogP contribution in [0.3, 0.4) is 0 Å². The molecule has 1 saturated heterocycles. The van der Waals surface area contributed by atoms with Crippen molar-refractivity contribution in [2.24, 2.45) is 0 Å². The smallest absolute Gasteiger partial charge is 0.337 e. The van der Waals surface area contributed by atoms with Gasteiger partial charge >= 0.3 is 5.97 Å². The van der Waals surface area contributed by atoms with Crippen molar-refractivity contribution in [2.75, 3.05) is 49.7 Å². The number of nitrogens with one attached hydrogen (secondary N) is 1. The Labute approximate surface area is 122 Å². The number of carbonyl (C=O) groups is 1. The van der Waals surface area contributed by atoms with Gasteiger partial charge in [-0.15, -0.1) is 0 Å². The summed E-state index contributed by atoms with van der Waals surface area (Å²) >= 11 is 0. The molecule has 1 aliphatic heterocycles. The molecule has 116 valence electrons. The van der Waals surface area contributed by atoms with Crippen LogP contribution in [0, 0.1) is 0 Å². The average Bonchev–Trinajstić information content (AvgIpc) is 2.52. The second-order valence-corrected chi connectivity index (χ2v) is 4.82. The van der Waals surface area contributed by atoms with E-state index in [2.05, 4.69) is 5.32 Å². The molecule has 7 heteroatoms. The van der Waals surface area contributed by atoms with Crippen molar-refractivity contribution in [1.82, 2.24) is 0 Å². The van der Waals surface area contributed by atoms with Crippen LogP contribution < -0.4 is 10.2 Å². The lowest BCUT2D eigenvalue weighted by molar-refractivity contribution is 0.0696. The fourth-order valence-corrected chi connectivity index (χ4v) is 2.28. The van der Waals surface area contributed by atoms with Crippen molar-refractivity contribution in [1.29, 1.82) is 0 Å². The van der Waals surface area contributed by atoms with E-state index in [0.29, 0.717) is 37.7 Å². The molecule has 0 amide bonds. The van der Waals surface area contributed by atoms with Gasteiger partial charge < -0.3 is 30.3 Å². The molecule has 0 aromatic heterocycles. The van der Waals surface area contributed by atoms with E-state index in [0.717, 1.165) is 0 Å². The number of morpholine rings is 1. The quantitative estimate of drug-likeness (QED) is 0.585. The summed E-state index contributed by atoms with van der Waals surface area (Å²) in [5, 5.41) is 30.7. The van der Waals surface area contributed by atoms with E-state index >= 15 is 0 Å². The molecule has 1 fully saturated rings. The Balaban J connectivity index is 2.29. The molecular weight excluding hydrogens is 276 g/mol. The molecule has 0 saturated carbocycles. The Morgan fingerprint density at radius 2 is 2.10 bits per heavy atom. The minimum atomic E-state index is -0.997. The van der Waals surface area contributed by atoms with Crippen LogP contribution in [0.2, 0.25) is 0 Å². The maximum absolute atomic E-state index is 11.4. The molecule has 4 N–H and O–H groups in total. The fourth-order valence-electron chi connectivity index (χ4n) is 2.28. The van der Waals surface area contributed by atoms with Gasteiger partial charge in [0, 0.05) is 19.6 Å². The van der Waals surface area contributed by atoms with Crippen molar-refractivity contribution < 1.29 is 24.9 Å².